The lowest BCUT2D eigenvalue weighted by Crippen LogP contribution is -2.34. The first kappa shape index (κ1) is 18.7. The summed E-state index contributed by atoms with van der Waals surface area (Å²) in [5, 5.41) is 5.26. The predicted molar refractivity (Wildman–Crippen MR) is 101 cm³/mol. The van der Waals surface area contributed by atoms with Crippen molar-refractivity contribution in [2.24, 2.45) is 0 Å². The lowest BCUT2D eigenvalue weighted by Gasteiger charge is -2.19. The summed E-state index contributed by atoms with van der Waals surface area (Å²) in [6, 6.07) is 15.5. The van der Waals surface area contributed by atoms with Crippen molar-refractivity contribution in [3.8, 4) is 0 Å². The van der Waals surface area contributed by atoms with E-state index in [2.05, 4.69) is 38.3 Å². The Labute approximate surface area is 149 Å². The van der Waals surface area contributed by atoms with Crippen molar-refractivity contribution in [1.29, 1.82) is 0 Å². The summed E-state index contributed by atoms with van der Waals surface area (Å²) >= 11 is 0. The molecule has 4 nitrogen and oxygen atoms in total. The van der Waals surface area contributed by atoms with Crippen LogP contribution in [0.3, 0.4) is 0 Å². The van der Waals surface area contributed by atoms with Crippen LogP contribution in [-0.2, 0) is 28.0 Å². The fourth-order valence-corrected chi connectivity index (χ4v) is 2.40. The number of hydrogen-bond acceptors (Lipinski definition) is 2. The van der Waals surface area contributed by atoms with E-state index in [4.69, 9.17) is 0 Å². The highest BCUT2D eigenvalue weighted by molar-refractivity contribution is 6.39. The molecule has 0 saturated heterocycles. The highest BCUT2D eigenvalue weighted by atomic mass is 16.2. The molecule has 25 heavy (non-hydrogen) atoms. The summed E-state index contributed by atoms with van der Waals surface area (Å²) in [6.07, 6.45) is 0.975. The van der Waals surface area contributed by atoms with Gasteiger partial charge in [0.05, 0.1) is 0 Å². The minimum absolute atomic E-state index is 0.0488. The number of benzene rings is 2. The zero-order valence-corrected chi connectivity index (χ0v) is 15.3. The number of carbonyl (C=O) groups excluding carboxylic acids is 2. The lowest BCUT2D eigenvalue weighted by molar-refractivity contribution is -0.136. The molecular formula is C21H26N2O2. The Morgan fingerprint density at radius 1 is 0.840 bits per heavy atom. The molecule has 4 heteroatoms. The number of nitrogens with one attached hydrogen (secondary N) is 2. The van der Waals surface area contributed by atoms with Gasteiger partial charge in [0.1, 0.15) is 0 Å². The standard InChI is InChI=1S/C21H26N2O2/c1-5-15-6-8-16(9-7-15)14-22-19(24)20(25)23-18-12-10-17(11-13-18)21(2,3)4/h6-13H,5,14H2,1-4H3,(H,22,24)(H,23,25). The third-order valence-corrected chi connectivity index (χ3v) is 4.10. The van der Waals surface area contributed by atoms with Gasteiger partial charge in [-0.15, -0.1) is 0 Å². The van der Waals surface area contributed by atoms with Gasteiger partial charge in [-0.05, 0) is 40.7 Å². The number of carbonyl (C=O) groups is 2. The van der Waals surface area contributed by atoms with Crippen LogP contribution in [0.15, 0.2) is 48.5 Å². The van der Waals surface area contributed by atoms with Crippen LogP contribution in [0.25, 0.3) is 0 Å². The first-order valence-corrected chi connectivity index (χ1v) is 8.57. The van der Waals surface area contributed by atoms with Crippen molar-refractivity contribution < 1.29 is 9.59 Å². The Hall–Kier alpha value is -2.62. The summed E-state index contributed by atoms with van der Waals surface area (Å²) < 4.78 is 0. The molecule has 0 aliphatic heterocycles. The first-order valence-electron chi connectivity index (χ1n) is 8.57. The molecule has 0 unspecified atom stereocenters. The first-order chi connectivity index (χ1) is 11.8. The zero-order valence-electron chi connectivity index (χ0n) is 15.3. The fourth-order valence-electron chi connectivity index (χ4n) is 2.40. The number of anilines is 1. The molecule has 0 fully saturated rings. The molecule has 0 saturated carbocycles. The second kappa shape index (κ2) is 7.97. The maximum absolute atomic E-state index is 12.0. The maximum atomic E-state index is 12.0. The molecule has 2 aromatic carbocycles. The monoisotopic (exact) mass is 338 g/mol. The Balaban J connectivity index is 1.88. The number of amides is 2. The Morgan fingerprint density at radius 2 is 1.40 bits per heavy atom. The van der Waals surface area contributed by atoms with Crippen molar-refractivity contribution in [3.63, 3.8) is 0 Å². The summed E-state index contributed by atoms with van der Waals surface area (Å²) in [6.45, 7) is 8.80. The van der Waals surface area contributed by atoms with Gasteiger partial charge in [-0.3, -0.25) is 9.59 Å². The van der Waals surface area contributed by atoms with Crippen molar-refractivity contribution in [2.75, 3.05) is 5.32 Å². The van der Waals surface area contributed by atoms with Crippen molar-refractivity contribution >= 4 is 17.5 Å². The van der Waals surface area contributed by atoms with E-state index in [0.29, 0.717) is 12.2 Å². The molecule has 0 radical (unpaired) electrons. The van der Waals surface area contributed by atoms with Gasteiger partial charge >= 0.3 is 11.8 Å². The van der Waals surface area contributed by atoms with Gasteiger partial charge in [-0.25, -0.2) is 0 Å². The van der Waals surface area contributed by atoms with Crippen LogP contribution in [-0.4, -0.2) is 11.8 Å². The van der Waals surface area contributed by atoms with Crippen LogP contribution in [0.1, 0.15) is 44.4 Å². The number of hydrogen-bond donors (Lipinski definition) is 2. The van der Waals surface area contributed by atoms with Gasteiger partial charge in [0.25, 0.3) is 0 Å². The van der Waals surface area contributed by atoms with E-state index in [1.54, 1.807) is 0 Å². The van der Waals surface area contributed by atoms with Crippen LogP contribution in [0.2, 0.25) is 0 Å². The quantitative estimate of drug-likeness (QED) is 0.833. The van der Waals surface area contributed by atoms with Crippen LogP contribution >= 0.6 is 0 Å². The molecule has 0 aliphatic carbocycles. The summed E-state index contributed by atoms with van der Waals surface area (Å²) in [7, 11) is 0. The summed E-state index contributed by atoms with van der Waals surface area (Å²) in [4.78, 5) is 23.9. The lowest BCUT2D eigenvalue weighted by atomic mass is 9.87. The molecular weight excluding hydrogens is 312 g/mol. The van der Waals surface area contributed by atoms with Crippen LogP contribution in [0, 0.1) is 0 Å². The highest BCUT2D eigenvalue weighted by Crippen LogP contribution is 2.23. The highest BCUT2D eigenvalue weighted by Gasteiger charge is 2.15. The largest absolute Gasteiger partial charge is 0.344 e. The third kappa shape index (κ3) is 5.45. The van der Waals surface area contributed by atoms with E-state index in [1.165, 1.54) is 11.1 Å². The molecule has 0 aliphatic rings. The molecule has 2 rings (SSSR count). The third-order valence-electron chi connectivity index (χ3n) is 4.10. The molecule has 2 aromatic rings. The SMILES string of the molecule is CCc1ccc(CNC(=O)C(=O)Nc2ccc(C(C)(C)C)cc2)cc1. The molecule has 2 N–H and O–H groups in total. The number of aryl methyl sites for hydroxylation is 1. The van der Waals surface area contributed by atoms with Crippen molar-refractivity contribution in [1.82, 2.24) is 5.32 Å². The van der Waals surface area contributed by atoms with Crippen LogP contribution in [0.5, 0.6) is 0 Å². The molecule has 0 bridgehead atoms. The predicted octanol–water partition coefficient (Wildman–Crippen LogP) is 3.80. The fraction of sp³-hybridized carbons (Fsp3) is 0.333. The van der Waals surface area contributed by atoms with Gasteiger partial charge in [-0.2, -0.15) is 0 Å². The van der Waals surface area contributed by atoms with E-state index in [1.807, 2.05) is 48.5 Å². The van der Waals surface area contributed by atoms with Gasteiger partial charge < -0.3 is 10.6 Å². The van der Waals surface area contributed by atoms with Crippen LogP contribution < -0.4 is 10.6 Å². The molecule has 2 amide bonds. The van der Waals surface area contributed by atoms with Crippen molar-refractivity contribution in [2.45, 2.75) is 46.1 Å². The van der Waals surface area contributed by atoms with Gasteiger partial charge in [0.2, 0.25) is 0 Å². The second-order valence-electron chi connectivity index (χ2n) is 7.13. The van der Waals surface area contributed by atoms with Gasteiger partial charge in [0.15, 0.2) is 0 Å². The molecule has 132 valence electrons. The second-order valence-corrected chi connectivity index (χ2v) is 7.13. The average molecular weight is 338 g/mol. The average Bonchev–Trinajstić information content (AvgIpc) is 2.59. The minimum Gasteiger partial charge on any atom is -0.344 e. The zero-order chi connectivity index (χ0) is 18.4. The summed E-state index contributed by atoms with van der Waals surface area (Å²) in [5.74, 6) is -1.30. The smallest absolute Gasteiger partial charge is 0.313 e. The molecule has 0 heterocycles. The van der Waals surface area contributed by atoms with Gasteiger partial charge in [-0.1, -0.05) is 64.1 Å². The molecule has 0 aromatic heterocycles. The van der Waals surface area contributed by atoms with E-state index in [-0.39, 0.29) is 5.41 Å². The normalized spacial score (nSPS) is 11.0. The van der Waals surface area contributed by atoms with E-state index in [9.17, 15) is 9.59 Å². The Bertz CT molecular complexity index is 726. The van der Waals surface area contributed by atoms with Crippen LogP contribution in [0.4, 0.5) is 5.69 Å². The topological polar surface area (TPSA) is 58.2 Å². The molecule has 0 atom stereocenters. The maximum Gasteiger partial charge on any atom is 0.313 e. The Morgan fingerprint density at radius 3 is 1.92 bits per heavy atom. The van der Waals surface area contributed by atoms with Gasteiger partial charge in [0, 0.05) is 12.2 Å². The molecule has 0 spiro atoms. The summed E-state index contributed by atoms with van der Waals surface area (Å²) in [5.41, 5.74) is 4.04. The number of rotatable bonds is 4. The van der Waals surface area contributed by atoms with E-state index >= 15 is 0 Å². The van der Waals surface area contributed by atoms with Crippen molar-refractivity contribution in [3.05, 3.63) is 65.2 Å². The van der Waals surface area contributed by atoms with E-state index in [0.717, 1.165) is 12.0 Å². The minimum atomic E-state index is -0.659. The Kier molecular flexibility index (Phi) is 5.97. The van der Waals surface area contributed by atoms with E-state index < -0.39 is 11.8 Å².